The maximum atomic E-state index is 13.2. The molecule has 2 rings (SSSR count). The highest BCUT2D eigenvalue weighted by Crippen LogP contribution is 2.59. The number of phenols is 1. The normalized spacial score (nSPS) is 12.4. The molecule has 146 valence electrons. The number of rotatable bonds is 9. The molecule has 1 unspecified atom stereocenters. The second-order valence-corrected chi connectivity index (χ2v) is 7.69. The number of amides is 1. The molecule has 0 aromatic heterocycles. The number of ether oxygens (including phenoxy) is 1. The van der Waals surface area contributed by atoms with Gasteiger partial charge in [0, 0.05) is 0 Å². The number of alkyl carbamates (subject to hydrolysis) is 1. The van der Waals surface area contributed by atoms with Crippen LogP contribution in [0.25, 0.3) is 0 Å². The Labute approximate surface area is 158 Å². The fourth-order valence-corrected chi connectivity index (χ4v) is 4.32. The highest BCUT2D eigenvalue weighted by Gasteiger charge is 2.38. The van der Waals surface area contributed by atoms with Crippen LogP contribution < -0.4 is 5.32 Å². The Hall–Kier alpha value is -2.34. The van der Waals surface area contributed by atoms with Gasteiger partial charge in [-0.15, -0.1) is 0 Å². The van der Waals surface area contributed by atoms with Crippen LogP contribution in [-0.2, 0) is 25.0 Å². The standard InChI is InChI=1S/C19H24NO6P/c1-3-25-27(23,26-4-2)18(16-10-12-17(21)13-11-16)20-19(22)24-14-15-8-6-5-7-9-15/h5-13,18,21H,3-4,14H2,1-2H3,(H,20,22). The Bertz CT molecular complexity index is 756. The van der Waals surface area contributed by atoms with Gasteiger partial charge in [-0.05, 0) is 37.1 Å². The first-order valence-electron chi connectivity index (χ1n) is 8.63. The molecular formula is C19H24NO6P. The Morgan fingerprint density at radius 1 is 1.04 bits per heavy atom. The van der Waals surface area contributed by atoms with E-state index in [1.54, 1.807) is 26.0 Å². The Balaban J connectivity index is 2.19. The van der Waals surface area contributed by atoms with E-state index in [1.807, 2.05) is 30.3 Å². The van der Waals surface area contributed by atoms with Crippen LogP contribution in [0, 0.1) is 0 Å². The molecule has 0 spiro atoms. The Morgan fingerprint density at radius 3 is 2.19 bits per heavy atom. The van der Waals surface area contributed by atoms with Crippen molar-refractivity contribution in [3.05, 3.63) is 65.7 Å². The molecule has 7 nitrogen and oxygen atoms in total. The maximum absolute atomic E-state index is 13.2. The number of aromatic hydroxyl groups is 1. The molecule has 0 fully saturated rings. The molecule has 0 aliphatic rings. The van der Waals surface area contributed by atoms with Crippen LogP contribution in [0.4, 0.5) is 4.79 Å². The number of hydrogen-bond acceptors (Lipinski definition) is 6. The summed E-state index contributed by atoms with van der Waals surface area (Å²) in [6.45, 7) is 3.74. The fourth-order valence-electron chi connectivity index (χ4n) is 2.42. The maximum Gasteiger partial charge on any atom is 0.408 e. The number of phenolic OH excluding ortho intramolecular Hbond substituents is 1. The van der Waals surface area contributed by atoms with Gasteiger partial charge in [-0.2, -0.15) is 0 Å². The average molecular weight is 393 g/mol. The van der Waals surface area contributed by atoms with E-state index in [4.69, 9.17) is 13.8 Å². The first-order chi connectivity index (χ1) is 13.0. The molecule has 0 saturated carbocycles. The summed E-state index contributed by atoms with van der Waals surface area (Å²) in [5.74, 6) is -1.02. The summed E-state index contributed by atoms with van der Waals surface area (Å²) in [6.07, 6.45) is -0.753. The first-order valence-corrected chi connectivity index (χ1v) is 10.2. The summed E-state index contributed by atoms with van der Waals surface area (Å²) in [6, 6.07) is 15.2. The van der Waals surface area contributed by atoms with Gasteiger partial charge in [0.05, 0.1) is 13.2 Å². The molecule has 0 heterocycles. The van der Waals surface area contributed by atoms with E-state index in [2.05, 4.69) is 5.32 Å². The molecule has 27 heavy (non-hydrogen) atoms. The van der Waals surface area contributed by atoms with Crippen LogP contribution in [0.3, 0.4) is 0 Å². The number of carbonyl (C=O) groups excluding carboxylic acids is 1. The SMILES string of the molecule is CCOP(=O)(OCC)C(NC(=O)OCc1ccccc1)c1ccc(O)cc1. The van der Waals surface area contributed by atoms with Crippen molar-refractivity contribution in [2.24, 2.45) is 0 Å². The summed E-state index contributed by atoms with van der Waals surface area (Å²) in [4.78, 5) is 12.3. The van der Waals surface area contributed by atoms with Gasteiger partial charge in [-0.1, -0.05) is 42.5 Å². The van der Waals surface area contributed by atoms with E-state index in [0.29, 0.717) is 5.56 Å². The van der Waals surface area contributed by atoms with Crippen LogP contribution in [-0.4, -0.2) is 24.4 Å². The third kappa shape index (κ3) is 6.10. The van der Waals surface area contributed by atoms with Gasteiger partial charge in [0.25, 0.3) is 0 Å². The van der Waals surface area contributed by atoms with Crippen molar-refractivity contribution in [2.75, 3.05) is 13.2 Å². The van der Waals surface area contributed by atoms with E-state index >= 15 is 0 Å². The van der Waals surface area contributed by atoms with E-state index < -0.39 is 19.5 Å². The molecule has 0 saturated heterocycles. The smallest absolute Gasteiger partial charge is 0.408 e. The second kappa shape index (κ2) is 10.1. The lowest BCUT2D eigenvalue weighted by atomic mass is 10.2. The molecule has 0 aliphatic heterocycles. The van der Waals surface area contributed by atoms with Gasteiger partial charge in [0.15, 0.2) is 5.78 Å². The highest BCUT2D eigenvalue weighted by atomic mass is 31.2. The van der Waals surface area contributed by atoms with Gasteiger partial charge in [0.2, 0.25) is 0 Å². The fraction of sp³-hybridized carbons (Fsp3) is 0.316. The highest BCUT2D eigenvalue weighted by molar-refractivity contribution is 7.54. The zero-order valence-corrected chi connectivity index (χ0v) is 16.2. The van der Waals surface area contributed by atoms with Crippen LogP contribution >= 0.6 is 7.60 Å². The van der Waals surface area contributed by atoms with Gasteiger partial charge >= 0.3 is 13.7 Å². The lowest BCUT2D eigenvalue weighted by molar-refractivity contribution is 0.134. The topological polar surface area (TPSA) is 94.1 Å². The Kier molecular flexibility index (Phi) is 7.85. The van der Waals surface area contributed by atoms with Crippen molar-refractivity contribution in [3.8, 4) is 5.75 Å². The van der Waals surface area contributed by atoms with Gasteiger partial charge in [-0.25, -0.2) is 4.79 Å². The molecule has 2 aromatic rings. The van der Waals surface area contributed by atoms with Gasteiger partial charge in [0.1, 0.15) is 12.4 Å². The van der Waals surface area contributed by atoms with E-state index in [-0.39, 0.29) is 25.6 Å². The van der Waals surface area contributed by atoms with Crippen LogP contribution in [0.15, 0.2) is 54.6 Å². The zero-order chi connectivity index (χ0) is 19.7. The monoisotopic (exact) mass is 393 g/mol. The molecule has 0 bridgehead atoms. The first kappa shape index (κ1) is 21.0. The number of nitrogens with one attached hydrogen (secondary N) is 1. The number of carbonyl (C=O) groups is 1. The molecular weight excluding hydrogens is 369 g/mol. The zero-order valence-electron chi connectivity index (χ0n) is 15.3. The third-order valence-corrected chi connectivity index (χ3v) is 5.91. The van der Waals surface area contributed by atoms with E-state index in [1.165, 1.54) is 12.1 Å². The lowest BCUT2D eigenvalue weighted by Crippen LogP contribution is -2.30. The van der Waals surface area contributed by atoms with Crippen molar-refractivity contribution in [2.45, 2.75) is 26.2 Å². The minimum absolute atomic E-state index is 0.0480. The molecule has 0 aliphatic carbocycles. The van der Waals surface area contributed by atoms with Crippen molar-refractivity contribution in [1.82, 2.24) is 5.32 Å². The number of benzene rings is 2. The summed E-state index contributed by atoms with van der Waals surface area (Å²) >= 11 is 0. The summed E-state index contributed by atoms with van der Waals surface area (Å²) < 4.78 is 29.2. The predicted molar refractivity (Wildman–Crippen MR) is 101 cm³/mol. The number of hydrogen-bond donors (Lipinski definition) is 2. The second-order valence-electron chi connectivity index (χ2n) is 5.58. The van der Waals surface area contributed by atoms with Gasteiger partial charge < -0.3 is 24.2 Å². The molecule has 2 N–H and O–H groups in total. The Morgan fingerprint density at radius 2 is 1.63 bits per heavy atom. The minimum Gasteiger partial charge on any atom is -0.508 e. The predicted octanol–water partition coefficient (Wildman–Crippen LogP) is 4.58. The van der Waals surface area contributed by atoms with E-state index in [9.17, 15) is 14.5 Å². The third-order valence-electron chi connectivity index (χ3n) is 3.61. The van der Waals surface area contributed by atoms with Gasteiger partial charge in [-0.3, -0.25) is 4.57 Å². The summed E-state index contributed by atoms with van der Waals surface area (Å²) in [5.41, 5.74) is 1.29. The minimum atomic E-state index is -3.71. The molecule has 8 heteroatoms. The van der Waals surface area contributed by atoms with E-state index in [0.717, 1.165) is 5.56 Å². The summed E-state index contributed by atoms with van der Waals surface area (Å²) in [5, 5.41) is 12.1. The largest absolute Gasteiger partial charge is 0.508 e. The van der Waals surface area contributed by atoms with Crippen molar-refractivity contribution in [1.29, 1.82) is 0 Å². The lowest BCUT2D eigenvalue weighted by Gasteiger charge is -2.27. The molecule has 2 aromatic carbocycles. The molecule has 1 atom stereocenters. The average Bonchev–Trinajstić information content (AvgIpc) is 2.66. The molecule has 0 radical (unpaired) electrons. The van der Waals surface area contributed by atoms with Crippen LogP contribution in [0.5, 0.6) is 5.75 Å². The van der Waals surface area contributed by atoms with Crippen molar-refractivity contribution < 1.29 is 28.3 Å². The van der Waals surface area contributed by atoms with Crippen LogP contribution in [0.1, 0.15) is 30.8 Å². The van der Waals surface area contributed by atoms with Crippen molar-refractivity contribution in [3.63, 3.8) is 0 Å². The van der Waals surface area contributed by atoms with Crippen LogP contribution in [0.2, 0.25) is 0 Å². The quantitative estimate of drug-likeness (QED) is 0.606. The summed E-state index contributed by atoms with van der Waals surface area (Å²) in [7, 11) is -3.71. The molecule has 1 amide bonds. The van der Waals surface area contributed by atoms with Crippen molar-refractivity contribution >= 4 is 13.7 Å².